The number of hydrogen-bond acceptors (Lipinski definition) is 6. The second-order valence-electron chi connectivity index (χ2n) is 8.34. The van der Waals surface area contributed by atoms with Gasteiger partial charge in [0.15, 0.2) is 0 Å². The summed E-state index contributed by atoms with van der Waals surface area (Å²) in [5, 5.41) is 11.4. The Kier molecular flexibility index (Phi) is 5.02. The number of methoxy groups -OCH3 is 1. The SMILES string of the molecule is C/C=C(/C)C(=O)O[C@H]1CC[C@@H]2C[C@@]3(OC)OC(=O)C(C)=C3[C@H](O)[C@]2(C)[C@H]1C. The topological polar surface area (TPSA) is 82.1 Å². The summed E-state index contributed by atoms with van der Waals surface area (Å²) in [6.45, 7) is 9.26. The van der Waals surface area contributed by atoms with Crippen LogP contribution in [0.25, 0.3) is 0 Å². The molecule has 6 heteroatoms. The summed E-state index contributed by atoms with van der Waals surface area (Å²) in [6.07, 6.45) is 2.54. The average Bonchev–Trinajstić information content (AvgIpc) is 2.90. The molecule has 0 spiro atoms. The second-order valence-corrected chi connectivity index (χ2v) is 8.34. The highest BCUT2D eigenvalue weighted by Gasteiger charge is 2.65. The van der Waals surface area contributed by atoms with Gasteiger partial charge in [0, 0.05) is 41.6 Å². The highest BCUT2D eigenvalue weighted by Crippen LogP contribution is 2.60. The van der Waals surface area contributed by atoms with E-state index >= 15 is 0 Å². The summed E-state index contributed by atoms with van der Waals surface area (Å²) >= 11 is 0. The largest absolute Gasteiger partial charge is 0.459 e. The van der Waals surface area contributed by atoms with Crippen molar-refractivity contribution in [2.45, 2.75) is 71.9 Å². The Morgan fingerprint density at radius 3 is 2.63 bits per heavy atom. The molecular formula is C21H30O6. The lowest BCUT2D eigenvalue weighted by Gasteiger charge is -2.57. The molecular weight excluding hydrogens is 348 g/mol. The third kappa shape index (κ3) is 2.76. The van der Waals surface area contributed by atoms with Crippen molar-refractivity contribution in [3.8, 4) is 0 Å². The van der Waals surface area contributed by atoms with E-state index in [1.165, 1.54) is 7.11 Å². The monoisotopic (exact) mass is 378 g/mol. The van der Waals surface area contributed by atoms with Crippen LogP contribution in [0.4, 0.5) is 0 Å². The predicted octanol–water partition coefficient (Wildman–Crippen LogP) is 2.90. The number of ether oxygens (including phenoxy) is 3. The number of carbonyl (C=O) groups excluding carboxylic acids is 2. The first-order chi connectivity index (χ1) is 12.6. The zero-order valence-electron chi connectivity index (χ0n) is 17.0. The van der Waals surface area contributed by atoms with Gasteiger partial charge in [-0.2, -0.15) is 0 Å². The smallest absolute Gasteiger partial charge is 0.336 e. The van der Waals surface area contributed by atoms with Crippen LogP contribution in [-0.4, -0.2) is 42.1 Å². The van der Waals surface area contributed by atoms with Crippen LogP contribution in [0.2, 0.25) is 0 Å². The number of aliphatic hydroxyl groups is 1. The lowest BCUT2D eigenvalue weighted by molar-refractivity contribution is -0.241. The van der Waals surface area contributed by atoms with Gasteiger partial charge in [-0.1, -0.05) is 19.9 Å². The van der Waals surface area contributed by atoms with Crippen LogP contribution < -0.4 is 0 Å². The molecule has 1 aliphatic heterocycles. The summed E-state index contributed by atoms with van der Waals surface area (Å²) in [4.78, 5) is 24.5. The molecule has 0 bridgehead atoms. The van der Waals surface area contributed by atoms with E-state index < -0.39 is 23.3 Å². The van der Waals surface area contributed by atoms with E-state index in [4.69, 9.17) is 14.2 Å². The van der Waals surface area contributed by atoms with Gasteiger partial charge in [0.2, 0.25) is 5.79 Å². The molecule has 0 amide bonds. The first-order valence-corrected chi connectivity index (χ1v) is 9.64. The molecule has 1 N–H and O–H groups in total. The third-order valence-corrected chi connectivity index (χ3v) is 7.32. The molecule has 0 aromatic carbocycles. The van der Waals surface area contributed by atoms with E-state index in [1.54, 1.807) is 26.8 Å². The van der Waals surface area contributed by atoms with Crippen LogP contribution >= 0.6 is 0 Å². The molecule has 0 aromatic rings. The average molecular weight is 378 g/mol. The summed E-state index contributed by atoms with van der Waals surface area (Å²) < 4.78 is 17.0. The molecule has 27 heavy (non-hydrogen) atoms. The number of carbonyl (C=O) groups is 2. The van der Waals surface area contributed by atoms with Crippen molar-refractivity contribution in [2.75, 3.05) is 7.11 Å². The molecule has 0 saturated heterocycles. The van der Waals surface area contributed by atoms with Crippen LogP contribution in [0.5, 0.6) is 0 Å². The van der Waals surface area contributed by atoms with Gasteiger partial charge in [0.25, 0.3) is 0 Å². The van der Waals surface area contributed by atoms with Crippen LogP contribution in [0.1, 0.15) is 53.9 Å². The Balaban J connectivity index is 1.95. The molecule has 6 atom stereocenters. The van der Waals surface area contributed by atoms with E-state index in [2.05, 4.69) is 0 Å². The predicted molar refractivity (Wildman–Crippen MR) is 98.5 cm³/mol. The van der Waals surface area contributed by atoms with Gasteiger partial charge in [-0.15, -0.1) is 0 Å². The fraction of sp³-hybridized carbons (Fsp3) is 0.714. The lowest BCUT2D eigenvalue weighted by Crippen LogP contribution is -2.61. The minimum Gasteiger partial charge on any atom is -0.459 e. The normalized spacial score (nSPS) is 41.7. The van der Waals surface area contributed by atoms with E-state index in [0.717, 1.165) is 6.42 Å². The lowest BCUT2D eigenvalue weighted by atomic mass is 9.51. The molecule has 1 heterocycles. The number of fused-ring (bicyclic) bond motifs is 2. The fourth-order valence-electron chi connectivity index (χ4n) is 5.11. The number of rotatable bonds is 3. The molecule has 0 radical (unpaired) electrons. The van der Waals surface area contributed by atoms with Crippen LogP contribution in [0.15, 0.2) is 22.8 Å². The number of hydrogen-bond donors (Lipinski definition) is 1. The van der Waals surface area contributed by atoms with Gasteiger partial charge in [0.1, 0.15) is 6.10 Å². The molecule has 150 valence electrons. The maximum Gasteiger partial charge on any atom is 0.336 e. The maximum atomic E-state index is 12.3. The van der Waals surface area contributed by atoms with Crippen molar-refractivity contribution in [1.29, 1.82) is 0 Å². The van der Waals surface area contributed by atoms with Crippen LogP contribution in [0.3, 0.4) is 0 Å². The molecule has 3 rings (SSSR count). The molecule has 6 nitrogen and oxygen atoms in total. The summed E-state index contributed by atoms with van der Waals surface area (Å²) in [5.41, 5.74) is 0.974. The van der Waals surface area contributed by atoms with Crippen molar-refractivity contribution < 1.29 is 28.9 Å². The van der Waals surface area contributed by atoms with Crippen LogP contribution in [-0.2, 0) is 23.8 Å². The van der Waals surface area contributed by atoms with Crippen molar-refractivity contribution in [1.82, 2.24) is 0 Å². The van der Waals surface area contributed by atoms with Gasteiger partial charge >= 0.3 is 11.9 Å². The first-order valence-electron chi connectivity index (χ1n) is 9.64. The Bertz CT molecular complexity index is 722. The quantitative estimate of drug-likeness (QED) is 0.601. The Morgan fingerprint density at radius 1 is 1.37 bits per heavy atom. The number of esters is 2. The molecule has 3 aliphatic rings. The van der Waals surface area contributed by atoms with E-state index in [9.17, 15) is 14.7 Å². The second kappa shape index (κ2) is 6.74. The Labute approximate surface area is 160 Å². The molecule has 2 saturated carbocycles. The van der Waals surface area contributed by atoms with Crippen molar-refractivity contribution in [3.05, 3.63) is 22.8 Å². The first kappa shape index (κ1) is 20.1. The van der Waals surface area contributed by atoms with E-state index in [1.807, 2.05) is 13.8 Å². The summed E-state index contributed by atoms with van der Waals surface area (Å²) in [6, 6.07) is 0. The van der Waals surface area contributed by atoms with Gasteiger partial charge in [-0.3, -0.25) is 0 Å². The van der Waals surface area contributed by atoms with E-state index in [-0.39, 0.29) is 23.9 Å². The standard InChI is InChI=1S/C21H30O6/c1-7-11(2)18(23)26-15-9-8-14-10-21(25-6)16(12(3)19(24)27-21)17(22)20(14,5)13(15)4/h7,13-15,17,22H,8-10H2,1-6H3/b11-7-/t13-,14+,15-,17-,20+,21+/m0/s1. The molecule has 0 unspecified atom stereocenters. The van der Waals surface area contributed by atoms with Crippen molar-refractivity contribution in [2.24, 2.45) is 17.3 Å². The minimum absolute atomic E-state index is 0.0780. The summed E-state index contributed by atoms with van der Waals surface area (Å²) in [5.74, 6) is -1.92. The van der Waals surface area contributed by atoms with E-state index in [0.29, 0.717) is 29.6 Å². The van der Waals surface area contributed by atoms with Gasteiger partial charge in [0.05, 0.1) is 6.10 Å². The Hall–Kier alpha value is -1.66. The Morgan fingerprint density at radius 2 is 2.04 bits per heavy atom. The highest BCUT2D eigenvalue weighted by molar-refractivity contribution is 5.92. The maximum absolute atomic E-state index is 12.3. The van der Waals surface area contributed by atoms with Gasteiger partial charge in [-0.05, 0) is 39.5 Å². The van der Waals surface area contributed by atoms with Crippen molar-refractivity contribution >= 4 is 11.9 Å². The van der Waals surface area contributed by atoms with Crippen molar-refractivity contribution in [3.63, 3.8) is 0 Å². The molecule has 2 aliphatic carbocycles. The fourth-order valence-corrected chi connectivity index (χ4v) is 5.11. The molecule has 0 aromatic heterocycles. The van der Waals surface area contributed by atoms with Crippen LogP contribution in [0, 0.1) is 17.3 Å². The molecule has 2 fully saturated rings. The van der Waals surface area contributed by atoms with Gasteiger partial charge < -0.3 is 19.3 Å². The van der Waals surface area contributed by atoms with Gasteiger partial charge in [-0.25, -0.2) is 9.59 Å². The number of allylic oxidation sites excluding steroid dienone is 1. The zero-order valence-corrected chi connectivity index (χ0v) is 17.0. The number of aliphatic hydroxyl groups excluding tert-OH is 1. The highest BCUT2D eigenvalue weighted by atomic mass is 16.7. The minimum atomic E-state index is -1.17. The zero-order chi connectivity index (χ0) is 20.1. The third-order valence-electron chi connectivity index (χ3n) is 7.32. The summed E-state index contributed by atoms with van der Waals surface area (Å²) in [7, 11) is 1.51.